The van der Waals surface area contributed by atoms with Crippen molar-refractivity contribution in [1.29, 1.82) is 0 Å². The van der Waals surface area contributed by atoms with Gasteiger partial charge >= 0.3 is 142 Å². The van der Waals surface area contributed by atoms with Crippen molar-refractivity contribution >= 4 is 142 Å². The van der Waals surface area contributed by atoms with E-state index in [-0.39, 0.29) is 118 Å². The quantitative estimate of drug-likeness (QED) is 0.246. The third-order valence-electron chi connectivity index (χ3n) is 1.09. The van der Waals surface area contributed by atoms with Crippen LogP contribution in [0.4, 0.5) is 0 Å². The Bertz CT molecular complexity index is 355. The first-order valence-corrected chi connectivity index (χ1v) is 3.94. The molecule has 0 radical (unpaired) electrons. The fourth-order valence-electron chi connectivity index (χ4n) is 0.486. The molecular weight excluding hydrogens is 308 g/mol. The first kappa shape index (κ1) is 33.2. The molecular formula is C10H12Na4O6. The maximum absolute atomic E-state index is 10.8. The van der Waals surface area contributed by atoms with Crippen LogP contribution in [0.2, 0.25) is 0 Å². The Labute approximate surface area is 204 Å². The zero-order valence-electron chi connectivity index (χ0n) is 8.17. The molecule has 0 aliphatic heterocycles. The molecule has 0 aliphatic rings. The van der Waals surface area contributed by atoms with Gasteiger partial charge in [0, 0.05) is 24.3 Å². The summed E-state index contributed by atoms with van der Waals surface area (Å²) in [4.78, 5) is 42.6. The van der Waals surface area contributed by atoms with Crippen molar-refractivity contribution in [3.63, 3.8) is 0 Å². The van der Waals surface area contributed by atoms with E-state index in [1.54, 1.807) is 0 Å². The Morgan fingerprint density at radius 2 is 0.850 bits per heavy atom. The third-order valence-corrected chi connectivity index (χ3v) is 1.09. The average Bonchev–Trinajstić information content (AvgIpc) is 2.26. The summed E-state index contributed by atoms with van der Waals surface area (Å²) >= 11 is 0. The van der Waals surface area contributed by atoms with Gasteiger partial charge in [0.1, 0.15) is 0 Å². The van der Waals surface area contributed by atoms with Crippen molar-refractivity contribution < 1.29 is 28.7 Å². The van der Waals surface area contributed by atoms with Crippen molar-refractivity contribution in [2.24, 2.45) is 0 Å². The Morgan fingerprint density at radius 1 is 0.600 bits per heavy atom. The second-order valence-electron chi connectivity index (χ2n) is 2.22. The van der Waals surface area contributed by atoms with Crippen LogP contribution in [0.15, 0.2) is 37.5 Å². The molecule has 0 saturated heterocycles. The van der Waals surface area contributed by atoms with Crippen molar-refractivity contribution in [2.45, 2.75) is 0 Å². The van der Waals surface area contributed by atoms with E-state index in [0.29, 0.717) is 12.2 Å². The molecule has 0 rings (SSSR count). The number of ether oxygens (including phenoxy) is 2. The first-order chi connectivity index (χ1) is 7.49. The van der Waals surface area contributed by atoms with Gasteiger partial charge < -0.3 is 9.47 Å². The van der Waals surface area contributed by atoms with Gasteiger partial charge in [0.2, 0.25) is 0 Å². The van der Waals surface area contributed by atoms with Gasteiger partial charge in [-0.25, -0.2) is 19.2 Å². The van der Waals surface area contributed by atoms with Crippen LogP contribution in [-0.2, 0) is 28.7 Å². The van der Waals surface area contributed by atoms with E-state index in [1.165, 1.54) is 0 Å². The van der Waals surface area contributed by atoms with Gasteiger partial charge in [-0.1, -0.05) is 13.2 Å². The fraction of sp³-hybridized carbons (Fsp3) is 0. The molecule has 0 spiro atoms. The minimum atomic E-state index is -1.08. The maximum atomic E-state index is 10.8. The average molecular weight is 320 g/mol. The molecule has 0 heterocycles. The molecule has 92 valence electrons. The van der Waals surface area contributed by atoms with Crippen molar-refractivity contribution in [3.05, 3.63) is 37.5 Å². The number of carbonyl (C=O) groups excluding carboxylic acids is 4. The van der Waals surface area contributed by atoms with Gasteiger partial charge in [-0.15, -0.1) is 0 Å². The molecule has 0 unspecified atom stereocenters. The normalized spacial score (nSPS) is 7.40. The van der Waals surface area contributed by atoms with Crippen LogP contribution in [0.5, 0.6) is 0 Å². The molecule has 0 aromatic rings. The number of rotatable bonds is 4. The number of hydrogen-bond donors (Lipinski definition) is 0. The summed E-state index contributed by atoms with van der Waals surface area (Å²) in [7, 11) is 0. The predicted molar refractivity (Wildman–Crippen MR) is 80.3 cm³/mol. The zero-order chi connectivity index (χ0) is 12.6. The predicted octanol–water partition coefficient (Wildman–Crippen LogP) is -2.54. The van der Waals surface area contributed by atoms with Gasteiger partial charge in [0.15, 0.2) is 0 Å². The molecule has 0 saturated carbocycles. The third kappa shape index (κ3) is 19.5. The van der Waals surface area contributed by atoms with Crippen LogP contribution in [0, 0.1) is 0 Å². The van der Waals surface area contributed by atoms with E-state index in [4.69, 9.17) is 0 Å². The second kappa shape index (κ2) is 20.5. The molecule has 0 bridgehead atoms. The van der Waals surface area contributed by atoms with E-state index < -0.39 is 23.9 Å². The Balaban J connectivity index is -0.000000187. The van der Waals surface area contributed by atoms with E-state index in [1.807, 2.05) is 0 Å². The molecule has 6 nitrogen and oxygen atoms in total. The molecule has 0 N–H and O–H groups in total. The van der Waals surface area contributed by atoms with Gasteiger partial charge in [-0.3, -0.25) is 0 Å². The first-order valence-electron chi connectivity index (χ1n) is 3.94. The van der Waals surface area contributed by atoms with Crippen LogP contribution < -0.4 is 0 Å². The monoisotopic (exact) mass is 320 g/mol. The summed E-state index contributed by atoms with van der Waals surface area (Å²) in [6.45, 7) is 6.12. The summed E-state index contributed by atoms with van der Waals surface area (Å²) in [5.41, 5.74) is 0. The van der Waals surface area contributed by atoms with Crippen LogP contribution in [0.25, 0.3) is 0 Å². The molecule has 0 fully saturated rings. The Morgan fingerprint density at radius 3 is 1.05 bits per heavy atom. The van der Waals surface area contributed by atoms with Crippen molar-refractivity contribution in [3.8, 4) is 0 Å². The van der Waals surface area contributed by atoms with Crippen molar-refractivity contribution in [2.75, 3.05) is 0 Å². The van der Waals surface area contributed by atoms with E-state index in [2.05, 4.69) is 22.6 Å². The molecule has 0 aromatic carbocycles. The molecule has 10 heteroatoms. The molecule has 0 atom stereocenters. The van der Waals surface area contributed by atoms with Crippen LogP contribution in [0.1, 0.15) is 0 Å². The van der Waals surface area contributed by atoms with Gasteiger partial charge in [-0.2, -0.15) is 0 Å². The van der Waals surface area contributed by atoms with E-state index in [9.17, 15) is 19.2 Å². The molecule has 0 aromatic heterocycles. The topological polar surface area (TPSA) is 86.7 Å². The minimum absolute atomic E-state index is 0. The van der Waals surface area contributed by atoms with E-state index >= 15 is 0 Å². The molecule has 0 aliphatic carbocycles. The standard InChI is InChI=1S/C10H8O6.4Na.4H/c1-3-7(11)15-9(13)5-6-10(14)16-8(12)4-2;;;;;;;;/h3-6H,1-2H2;;;;;;;;/b6-5-;;;;;;;;. The van der Waals surface area contributed by atoms with Gasteiger partial charge in [-0.05, 0) is 0 Å². The second-order valence-corrected chi connectivity index (χ2v) is 2.22. The van der Waals surface area contributed by atoms with Crippen LogP contribution >= 0.6 is 0 Å². The molecule has 20 heavy (non-hydrogen) atoms. The fourth-order valence-corrected chi connectivity index (χ4v) is 0.486. The molecule has 0 amide bonds. The van der Waals surface area contributed by atoms with Crippen LogP contribution in [0.3, 0.4) is 0 Å². The summed E-state index contributed by atoms with van der Waals surface area (Å²) in [5, 5.41) is 0. The number of hydrogen-bond acceptors (Lipinski definition) is 6. The summed E-state index contributed by atoms with van der Waals surface area (Å²) in [5.74, 6) is -4.06. The summed E-state index contributed by atoms with van der Waals surface area (Å²) in [6.07, 6.45) is 2.84. The number of esters is 4. The Hall–Kier alpha value is 1.50. The van der Waals surface area contributed by atoms with Crippen LogP contribution in [-0.4, -0.2) is 142 Å². The van der Waals surface area contributed by atoms with Gasteiger partial charge in [0.05, 0.1) is 0 Å². The van der Waals surface area contributed by atoms with E-state index in [0.717, 1.165) is 12.2 Å². The van der Waals surface area contributed by atoms with Crippen molar-refractivity contribution in [1.82, 2.24) is 0 Å². The number of carbonyl (C=O) groups is 4. The Kier molecular flexibility index (Phi) is 34.0. The summed E-state index contributed by atoms with van der Waals surface area (Å²) < 4.78 is 8.17. The zero-order valence-corrected chi connectivity index (χ0v) is 8.17. The van der Waals surface area contributed by atoms with Gasteiger partial charge in [0.25, 0.3) is 0 Å². The SMILES string of the molecule is C=CC(=O)OC(=O)/C=C\C(=O)OC(=O)C=C.[NaH].[NaH].[NaH].[NaH]. The summed E-state index contributed by atoms with van der Waals surface area (Å²) in [6, 6.07) is 0.